The second-order valence-electron chi connectivity index (χ2n) is 2.83. The van der Waals surface area contributed by atoms with Crippen molar-refractivity contribution in [2.75, 3.05) is 0 Å². The lowest BCUT2D eigenvalue weighted by Crippen LogP contribution is -2.08. The van der Waals surface area contributed by atoms with Gasteiger partial charge < -0.3 is 4.74 Å². The molecule has 0 aliphatic rings. The van der Waals surface area contributed by atoms with E-state index in [1.54, 1.807) is 6.92 Å². The van der Waals surface area contributed by atoms with Crippen LogP contribution in [0, 0.1) is 28.3 Å². The van der Waals surface area contributed by atoms with Gasteiger partial charge >= 0.3 is 0 Å². The number of rotatable bonds is 3. The molecule has 1 atom stereocenters. The highest BCUT2D eigenvalue weighted by Gasteiger charge is 2.11. The van der Waals surface area contributed by atoms with Crippen molar-refractivity contribution >= 4 is 5.69 Å². The molecule has 78 valence electrons. The molecule has 0 fully saturated rings. The van der Waals surface area contributed by atoms with E-state index in [0.717, 1.165) is 18.2 Å². The summed E-state index contributed by atoms with van der Waals surface area (Å²) in [6.07, 6.45) is 4.49. The minimum atomic E-state index is -0.733. The van der Waals surface area contributed by atoms with Gasteiger partial charge in [0.05, 0.1) is 17.1 Å². The largest absolute Gasteiger partial charge is 0.478 e. The van der Waals surface area contributed by atoms with Crippen LogP contribution in [0.5, 0.6) is 5.75 Å². The summed E-state index contributed by atoms with van der Waals surface area (Å²) in [5.41, 5.74) is -0.366. The third-order valence-electron chi connectivity index (χ3n) is 1.61. The lowest BCUT2D eigenvalue weighted by molar-refractivity contribution is -0.385. The summed E-state index contributed by atoms with van der Waals surface area (Å²) in [6.45, 7) is 1.58. The van der Waals surface area contributed by atoms with E-state index in [9.17, 15) is 14.5 Å². The van der Waals surface area contributed by atoms with Crippen LogP contribution in [0.1, 0.15) is 6.92 Å². The van der Waals surface area contributed by atoms with Crippen LogP contribution >= 0.6 is 0 Å². The average Bonchev–Trinajstić information content (AvgIpc) is 2.16. The van der Waals surface area contributed by atoms with Gasteiger partial charge in [0.1, 0.15) is 11.6 Å². The first-order valence-electron chi connectivity index (χ1n) is 4.10. The summed E-state index contributed by atoms with van der Waals surface area (Å²) < 4.78 is 18.0. The number of nitro groups is 1. The lowest BCUT2D eigenvalue weighted by Gasteiger charge is -2.08. The van der Waals surface area contributed by atoms with Crippen molar-refractivity contribution in [2.45, 2.75) is 13.0 Å². The Kier molecular flexibility index (Phi) is 3.24. The van der Waals surface area contributed by atoms with Gasteiger partial charge in [0, 0.05) is 6.07 Å². The van der Waals surface area contributed by atoms with Crippen LogP contribution in [0.25, 0.3) is 0 Å². The minimum absolute atomic E-state index is 0.0483. The van der Waals surface area contributed by atoms with Crippen LogP contribution in [0.3, 0.4) is 0 Å². The van der Waals surface area contributed by atoms with E-state index in [1.165, 1.54) is 0 Å². The van der Waals surface area contributed by atoms with Crippen molar-refractivity contribution < 1.29 is 14.1 Å². The zero-order valence-electron chi connectivity index (χ0n) is 7.94. The average molecular weight is 209 g/mol. The highest BCUT2D eigenvalue weighted by molar-refractivity contribution is 5.39. The Balaban J connectivity index is 3.00. The molecule has 0 heterocycles. The molecule has 0 radical (unpaired) electrons. The molecule has 0 bridgehead atoms. The molecular weight excluding hydrogens is 201 g/mol. The molecule has 15 heavy (non-hydrogen) atoms. The Morgan fingerprint density at radius 2 is 2.27 bits per heavy atom. The second kappa shape index (κ2) is 4.42. The Labute approximate surface area is 85.8 Å². The standard InChI is InChI=1S/C10H8FNO3/c1-3-7(2)15-10-5-8(11)4-9(6-10)12(13)14/h1,4-7H,2H3. The molecule has 0 N–H and O–H groups in total. The van der Waals surface area contributed by atoms with E-state index < -0.39 is 16.8 Å². The van der Waals surface area contributed by atoms with Gasteiger partial charge in [-0.25, -0.2) is 4.39 Å². The molecule has 0 aliphatic heterocycles. The second-order valence-corrected chi connectivity index (χ2v) is 2.83. The Bertz CT molecular complexity index is 425. The zero-order chi connectivity index (χ0) is 11.4. The van der Waals surface area contributed by atoms with E-state index >= 15 is 0 Å². The predicted molar refractivity (Wildman–Crippen MR) is 52.0 cm³/mol. The highest BCUT2D eigenvalue weighted by atomic mass is 19.1. The van der Waals surface area contributed by atoms with Gasteiger partial charge in [-0.1, -0.05) is 5.92 Å². The molecule has 0 amide bonds. The molecule has 1 unspecified atom stereocenters. The maximum Gasteiger partial charge on any atom is 0.276 e. The summed E-state index contributed by atoms with van der Waals surface area (Å²) in [5, 5.41) is 10.4. The number of terminal acetylenes is 1. The maximum absolute atomic E-state index is 12.9. The topological polar surface area (TPSA) is 52.4 Å². The van der Waals surface area contributed by atoms with Crippen molar-refractivity contribution in [1.29, 1.82) is 0 Å². The number of ether oxygens (including phenoxy) is 1. The van der Waals surface area contributed by atoms with E-state index in [0.29, 0.717) is 0 Å². The van der Waals surface area contributed by atoms with E-state index in [4.69, 9.17) is 11.2 Å². The first kappa shape index (κ1) is 11.0. The van der Waals surface area contributed by atoms with Crippen molar-refractivity contribution in [3.8, 4) is 18.1 Å². The highest BCUT2D eigenvalue weighted by Crippen LogP contribution is 2.22. The summed E-state index contributed by atoms with van der Waals surface area (Å²) in [6, 6.07) is 2.98. The molecule has 4 nitrogen and oxygen atoms in total. The monoisotopic (exact) mass is 209 g/mol. The fourth-order valence-corrected chi connectivity index (χ4v) is 0.960. The van der Waals surface area contributed by atoms with Gasteiger partial charge in [-0.15, -0.1) is 6.42 Å². The number of hydrogen-bond donors (Lipinski definition) is 0. The Hall–Kier alpha value is -2.09. The number of non-ortho nitro benzene ring substituents is 1. The predicted octanol–water partition coefficient (Wildman–Crippen LogP) is 2.13. The summed E-state index contributed by atoms with van der Waals surface area (Å²) in [5.74, 6) is 1.58. The van der Waals surface area contributed by atoms with Crippen LogP contribution < -0.4 is 4.74 Å². The number of benzene rings is 1. The first-order valence-corrected chi connectivity index (χ1v) is 4.10. The first-order chi connectivity index (χ1) is 7.02. The Morgan fingerprint density at radius 1 is 1.60 bits per heavy atom. The molecule has 1 rings (SSSR count). The molecule has 0 saturated heterocycles. The molecule has 0 aliphatic carbocycles. The van der Waals surface area contributed by atoms with E-state index in [1.807, 2.05) is 0 Å². The van der Waals surface area contributed by atoms with Gasteiger partial charge in [0.25, 0.3) is 5.69 Å². The summed E-state index contributed by atoms with van der Waals surface area (Å²) in [4.78, 5) is 9.71. The Morgan fingerprint density at radius 3 is 2.80 bits per heavy atom. The minimum Gasteiger partial charge on any atom is -0.478 e. The van der Waals surface area contributed by atoms with Gasteiger partial charge in [-0.2, -0.15) is 0 Å². The molecular formula is C10H8FNO3. The van der Waals surface area contributed by atoms with Gasteiger partial charge in [0.15, 0.2) is 6.10 Å². The van der Waals surface area contributed by atoms with E-state index in [2.05, 4.69) is 5.92 Å². The normalized spacial score (nSPS) is 11.5. The molecule has 5 heteroatoms. The van der Waals surface area contributed by atoms with Gasteiger partial charge in [-0.05, 0) is 6.92 Å². The van der Waals surface area contributed by atoms with Crippen LogP contribution in [-0.2, 0) is 0 Å². The maximum atomic E-state index is 12.9. The van der Waals surface area contributed by atoms with Crippen molar-refractivity contribution in [3.63, 3.8) is 0 Å². The number of halogens is 1. The molecule has 1 aromatic rings. The molecule has 1 aromatic carbocycles. The summed E-state index contributed by atoms with van der Waals surface area (Å²) >= 11 is 0. The van der Waals surface area contributed by atoms with Gasteiger partial charge in [0.2, 0.25) is 0 Å². The van der Waals surface area contributed by atoms with Crippen molar-refractivity contribution in [3.05, 3.63) is 34.1 Å². The third kappa shape index (κ3) is 2.95. The van der Waals surface area contributed by atoms with Crippen LogP contribution in [0.4, 0.5) is 10.1 Å². The smallest absolute Gasteiger partial charge is 0.276 e. The van der Waals surface area contributed by atoms with E-state index in [-0.39, 0.29) is 11.4 Å². The lowest BCUT2D eigenvalue weighted by atomic mass is 10.3. The van der Waals surface area contributed by atoms with Crippen LogP contribution in [0.2, 0.25) is 0 Å². The third-order valence-corrected chi connectivity index (χ3v) is 1.61. The zero-order valence-corrected chi connectivity index (χ0v) is 7.94. The van der Waals surface area contributed by atoms with Crippen LogP contribution in [0.15, 0.2) is 18.2 Å². The number of hydrogen-bond acceptors (Lipinski definition) is 3. The molecule has 0 saturated carbocycles. The summed E-state index contributed by atoms with van der Waals surface area (Å²) in [7, 11) is 0. The van der Waals surface area contributed by atoms with Crippen molar-refractivity contribution in [2.24, 2.45) is 0 Å². The van der Waals surface area contributed by atoms with Crippen LogP contribution in [-0.4, -0.2) is 11.0 Å². The van der Waals surface area contributed by atoms with Gasteiger partial charge in [-0.3, -0.25) is 10.1 Å². The number of nitro benzene ring substituents is 1. The van der Waals surface area contributed by atoms with Crippen molar-refractivity contribution in [1.82, 2.24) is 0 Å². The molecule has 0 aromatic heterocycles. The SMILES string of the molecule is C#CC(C)Oc1cc(F)cc([N+](=O)[O-])c1. The fraction of sp³-hybridized carbons (Fsp3) is 0.200. The number of nitrogens with zero attached hydrogens (tertiary/aromatic N) is 1. The fourth-order valence-electron chi connectivity index (χ4n) is 0.960. The molecule has 0 spiro atoms. The quantitative estimate of drug-likeness (QED) is 0.435.